The topological polar surface area (TPSA) is 72.6 Å². The molecule has 0 amide bonds. The Morgan fingerprint density at radius 3 is 2.52 bits per heavy atom. The molecule has 0 radical (unpaired) electrons. The minimum Gasteiger partial charge on any atom is -0.492 e. The summed E-state index contributed by atoms with van der Waals surface area (Å²) in [6.45, 7) is 1.91. The molecule has 0 aromatic heterocycles. The van der Waals surface area contributed by atoms with Crippen molar-refractivity contribution in [1.82, 2.24) is 4.31 Å². The largest absolute Gasteiger partial charge is 0.492 e. The molecule has 0 saturated carbocycles. The summed E-state index contributed by atoms with van der Waals surface area (Å²) in [7, 11) is -1.02. The van der Waals surface area contributed by atoms with Crippen molar-refractivity contribution in [2.24, 2.45) is 0 Å². The van der Waals surface area contributed by atoms with Crippen LogP contribution in [0, 0.1) is 5.82 Å². The van der Waals surface area contributed by atoms with E-state index in [1.165, 1.54) is 24.5 Å². The number of sulfonamides is 1. The van der Waals surface area contributed by atoms with E-state index in [1.807, 2.05) is 13.2 Å². The highest BCUT2D eigenvalue weighted by molar-refractivity contribution is 7.98. The fraction of sp³-hybridized carbons (Fsp3) is 0.538. The second-order valence-corrected chi connectivity index (χ2v) is 7.47. The Kier molecular flexibility index (Phi) is 6.30. The average Bonchev–Trinajstić information content (AvgIpc) is 2.43. The summed E-state index contributed by atoms with van der Waals surface area (Å²) >= 11 is 1.56. The molecule has 1 atom stereocenters. The van der Waals surface area contributed by atoms with Crippen LogP contribution < -0.4 is 10.5 Å². The number of hydrogen-bond donors (Lipinski definition) is 1. The van der Waals surface area contributed by atoms with Gasteiger partial charge in [-0.25, -0.2) is 12.8 Å². The average molecular weight is 336 g/mol. The molecule has 0 heterocycles. The van der Waals surface area contributed by atoms with Crippen molar-refractivity contribution < 1.29 is 17.5 Å². The van der Waals surface area contributed by atoms with Gasteiger partial charge in [0.05, 0.1) is 17.7 Å². The van der Waals surface area contributed by atoms with E-state index in [1.54, 1.807) is 11.8 Å². The quantitative estimate of drug-likeness (QED) is 0.773. The van der Waals surface area contributed by atoms with Crippen molar-refractivity contribution in [1.29, 1.82) is 0 Å². The van der Waals surface area contributed by atoms with Crippen LogP contribution in [-0.2, 0) is 10.0 Å². The van der Waals surface area contributed by atoms with Gasteiger partial charge in [0.1, 0.15) is 0 Å². The Balaban J connectivity index is 3.24. The molecule has 120 valence electrons. The third kappa shape index (κ3) is 3.81. The van der Waals surface area contributed by atoms with E-state index in [0.29, 0.717) is 12.2 Å². The molecule has 0 aliphatic heterocycles. The van der Waals surface area contributed by atoms with E-state index in [2.05, 4.69) is 0 Å². The van der Waals surface area contributed by atoms with Crippen LogP contribution in [0.15, 0.2) is 17.0 Å². The zero-order valence-electron chi connectivity index (χ0n) is 12.6. The minimum atomic E-state index is -3.80. The number of anilines is 1. The summed E-state index contributed by atoms with van der Waals surface area (Å²) in [5.41, 5.74) is 5.61. The first-order chi connectivity index (χ1) is 9.79. The number of ether oxygens (including phenoxy) is 1. The van der Waals surface area contributed by atoms with Gasteiger partial charge < -0.3 is 10.5 Å². The molecular formula is C13H21FN2O3S2. The maximum atomic E-state index is 13.8. The second kappa shape index (κ2) is 7.33. The zero-order chi connectivity index (χ0) is 16.2. The molecule has 0 saturated heterocycles. The van der Waals surface area contributed by atoms with Crippen LogP contribution in [0.3, 0.4) is 0 Å². The van der Waals surface area contributed by atoms with Crippen molar-refractivity contribution >= 4 is 27.5 Å². The van der Waals surface area contributed by atoms with Crippen LogP contribution in [0.5, 0.6) is 5.75 Å². The van der Waals surface area contributed by atoms with Crippen LogP contribution in [-0.4, -0.2) is 44.9 Å². The van der Waals surface area contributed by atoms with Crippen LogP contribution in [0.4, 0.5) is 10.1 Å². The number of thioether (sulfide) groups is 1. The van der Waals surface area contributed by atoms with Crippen molar-refractivity contribution in [3.05, 3.63) is 17.9 Å². The molecule has 21 heavy (non-hydrogen) atoms. The molecule has 2 N–H and O–H groups in total. The molecule has 0 fully saturated rings. The van der Waals surface area contributed by atoms with E-state index in [4.69, 9.17) is 10.5 Å². The monoisotopic (exact) mass is 336 g/mol. The summed E-state index contributed by atoms with van der Waals surface area (Å²) in [4.78, 5) is -0.166. The Hall–Kier alpha value is -0.990. The number of nitrogens with two attached hydrogens (primary N) is 1. The highest BCUT2D eigenvalue weighted by Crippen LogP contribution is 2.30. The summed E-state index contributed by atoms with van der Waals surface area (Å²) in [5.74, 6) is -0.268. The van der Waals surface area contributed by atoms with Gasteiger partial charge in [-0.05, 0) is 24.8 Å². The maximum Gasteiger partial charge on any atom is 0.243 e. The number of nitrogens with zero attached hydrogens (tertiary/aromatic N) is 1. The Bertz CT molecular complexity index is 570. The standard InChI is InChI=1S/C13H21FN2O3S2/c1-5-9(8-20-4)16(2)21(17,18)10-6-11(14)13(19-3)12(15)7-10/h6-7,9H,5,8,15H2,1-4H3. The smallest absolute Gasteiger partial charge is 0.243 e. The van der Waals surface area contributed by atoms with Crippen LogP contribution >= 0.6 is 11.8 Å². The van der Waals surface area contributed by atoms with Crippen LogP contribution in [0.25, 0.3) is 0 Å². The van der Waals surface area contributed by atoms with Crippen molar-refractivity contribution in [3.8, 4) is 5.75 Å². The maximum absolute atomic E-state index is 13.8. The number of methoxy groups -OCH3 is 1. The van der Waals surface area contributed by atoms with Gasteiger partial charge in [0.15, 0.2) is 11.6 Å². The summed E-state index contributed by atoms with van der Waals surface area (Å²) in [5, 5.41) is 0. The molecular weight excluding hydrogens is 315 g/mol. The molecule has 1 rings (SSSR count). The highest BCUT2D eigenvalue weighted by atomic mass is 32.2. The first-order valence-corrected chi connectivity index (χ1v) is 9.22. The Morgan fingerprint density at radius 2 is 2.10 bits per heavy atom. The molecule has 8 heteroatoms. The number of benzene rings is 1. The molecule has 0 aliphatic rings. The van der Waals surface area contributed by atoms with Gasteiger partial charge in [-0.15, -0.1) is 0 Å². The lowest BCUT2D eigenvalue weighted by molar-refractivity contribution is 0.381. The summed E-state index contributed by atoms with van der Waals surface area (Å²) in [6.07, 6.45) is 2.58. The molecule has 1 unspecified atom stereocenters. The predicted octanol–water partition coefficient (Wildman–Crippen LogP) is 2.18. The molecule has 0 spiro atoms. The second-order valence-electron chi connectivity index (χ2n) is 4.57. The molecule has 5 nitrogen and oxygen atoms in total. The van der Waals surface area contributed by atoms with Crippen LogP contribution in [0.2, 0.25) is 0 Å². The number of nitrogen functional groups attached to an aromatic ring is 1. The Morgan fingerprint density at radius 1 is 1.48 bits per heavy atom. The number of rotatable bonds is 7. The van der Waals surface area contributed by atoms with Crippen molar-refractivity contribution in [2.45, 2.75) is 24.3 Å². The highest BCUT2D eigenvalue weighted by Gasteiger charge is 2.28. The van der Waals surface area contributed by atoms with E-state index in [-0.39, 0.29) is 22.4 Å². The fourth-order valence-corrected chi connectivity index (χ4v) is 4.40. The molecule has 1 aromatic carbocycles. The minimum absolute atomic E-state index is 0.0395. The van der Waals surface area contributed by atoms with E-state index in [0.717, 1.165) is 6.07 Å². The van der Waals surface area contributed by atoms with Crippen LogP contribution in [0.1, 0.15) is 13.3 Å². The van der Waals surface area contributed by atoms with E-state index >= 15 is 0 Å². The summed E-state index contributed by atoms with van der Waals surface area (Å²) in [6, 6.07) is 2.00. The molecule has 0 bridgehead atoms. The molecule has 0 aliphatic carbocycles. The Labute approximate surface area is 129 Å². The lowest BCUT2D eigenvalue weighted by atomic mass is 10.3. The van der Waals surface area contributed by atoms with Gasteiger partial charge in [-0.1, -0.05) is 6.92 Å². The third-order valence-corrected chi connectivity index (χ3v) is 5.88. The summed E-state index contributed by atoms with van der Waals surface area (Å²) < 4.78 is 45.0. The molecule has 1 aromatic rings. The lowest BCUT2D eigenvalue weighted by Crippen LogP contribution is -2.38. The van der Waals surface area contributed by atoms with Gasteiger partial charge in [-0.2, -0.15) is 16.1 Å². The van der Waals surface area contributed by atoms with Crippen molar-refractivity contribution in [3.63, 3.8) is 0 Å². The fourth-order valence-electron chi connectivity index (χ4n) is 1.99. The number of hydrogen-bond acceptors (Lipinski definition) is 5. The van der Waals surface area contributed by atoms with Gasteiger partial charge in [-0.3, -0.25) is 0 Å². The SMILES string of the molecule is CCC(CSC)N(C)S(=O)(=O)c1cc(N)c(OC)c(F)c1. The van der Waals surface area contributed by atoms with Gasteiger partial charge in [0.2, 0.25) is 10.0 Å². The zero-order valence-corrected chi connectivity index (χ0v) is 14.2. The number of halogens is 1. The van der Waals surface area contributed by atoms with E-state index in [9.17, 15) is 12.8 Å². The first kappa shape index (κ1) is 18.1. The first-order valence-electron chi connectivity index (χ1n) is 6.39. The predicted molar refractivity (Wildman–Crippen MR) is 84.8 cm³/mol. The van der Waals surface area contributed by atoms with Crippen molar-refractivity contribution in [2.75, 3.05) is 31.9 Å². The van der Waals surface area contributed by atoms with Gasteiger partial charge >= 0.3 is 0 Å². The normalized spacial score (nSPS) is 13.4. The van der Waals surface area contributed by atoms with Gasteiger partial charge in [0, 0.05) is 18.8 Å². The third-order valence-electron chi connectivity index (χ3n) is 3.27. The van der Waals surface area contributed by atoms with E-state index < -0.39 is 15.8 Å². The lowest BCUT2D eigenvalue weighted by Gasteiger charge is -2.26. The van der Waals surface area contributed by atoms with Gasteiger partial charge in [0.25, 0.3) is 0 Å².